The van der Waals surface area contributed by atoms with Gasteiger partial charge in [-0.25, -0.2) is 0 Å². The van der Waals surface area contributed by atoms with Gasteiger partial charge in [0.1, 0.15) is 17.2 Å². The minimum absolute atomic E-state index is 0.109. The van der Waals surface area contributed by atoms with Gasteiger partial charge in [0.15, 0.2) is 9.75 Å². The van der Waals surface area contributed by atoms with Crippen molar-refractivity contribution in [3.63, 3.8) is 0 Å². The molecule has 12 heteroatoms. The third kappa shape index (κ3) is 2.75. The molecular weight excluding hydrogens is 503 g/mol. The van der Waals surface area contributed by atoms with Crippen molar-refractivity contribution in [3.05, 3.63) is 29.3 Å². The van der Waals surface area contributed by atoms with Crippen LogP contribution in [0.15, 0.2) is 23.8 Å². The van der Waals surface area contributed by atoms with Crippen molar-refractivity contribution in [1.82, 2.24) is 9.96 Å². The molecule has 5 rings (SSSR count). The van der Waals surface area contributed by atoms with Gasteiger partial charge in [0.2, 0.25) is 0 Å². The predicted octanol–water partition coefficient (Wildman–Crippen LogP) is 1.79. The van der Waals surface area contributed by atoms with E-state index in [1.165, 1.54) is 33.4 Å². The van der Waals surface area contributed by atoms with E-state index in [0.717, 1.165) is 4.90 Å². The molecule has 0 aromatic heterocycles. The van der Waals surface area contributed by atoms with Gasteiger partial charge in [-0.3, -0.25) is 29.3 Å². The van der Waals surface area contributed by atoms with Gasteiger partial charge in [-0.15, -0.1) is 23.2 Å². The molecule has 1 aromatic carbocycles. The van der Waals surface area contributed by atoms with E-state index in [1.54, 1.807) is 6.08 Å². The van der Waals surface area contributed by atoms with Gasteiger partial charge in [0, 0.05) is 30.7 Å². The number of aromatic hydroxyl groups is 1. The highest BCUT2D eigenvalue weighted by Crippen LogP contribution is 2.67. The fourth-order valence-electron chi connectivity index (χ4n) is 6.25. The quantitative estimate of drug-likeness (QED) is 0.264. The number of phenols is 1. The number of halogens is 2. The number of hydrogen-bond acceptors (Lipinski definition) is 8. The summed E-state index contributed by atoms with van der Waals surface area (Å²) in [5.41, 5.74) is 0.768. The number of hydrogen-bond donors (Lipinski definition) is 2. The van der Waals surface area contributed by atoms with Crippen LogP contribution in [0.1, 0.15) is 24.3 Å². The molecule has 1 aromatic rings. The molecule has 2 heterocycles. The number of likely N-dealkylation sites (tertiary alicyclic amines) is 1. The number of carbonyl (C=O) groups is 4. The fourth-order valence-corrected chi connectivity index (χ4v) is 7.26. The lowest BCUT2D eigenvalue weighted by Crippen LogP contribution is -2.60. The summed E-state index contributed by atoms with van der Waals surface area (Å²) in [6, 6.07) is 2.63. The Bertz CT molecular complexity index is 1210. The van der Waals surface area contributed by atoms with Crippen LogP contribution in [0.2, 0.25) is 0 Å². The number of ether oxygens (including phenoxy) is 2. The third-order valence-electron chi connectivity index (χ3n) is 7.81. The van der Waals surface area contributed by atoms with E-state index in [1.807, 2.05) is 0 Å². The van der Waals surface area contributed by atoms with E-state index in [-0.39, 0.29) is 40.7 Å². The van der Waals surface area contributed by atoms with E-state index in [4.69, 9.17) is 32.7 Å². The SMILES string of the molecule is COc1cc(O)cc(OC)c1[C@H]1C2=CC[C@@H]3C(=O)N(O)C(=O)[C@@H]3[C@@H]2C[C@@]2(Cl)C(=O)N(C)C(=O)[C@@]12Cl. The second-order valence-corrected chi connectivity index (χ2v) is 10.5. The molecule has 1 saturated carbocycles. The number of allylic oxidation sites excluding steroid dienone is 2. The average molecular weight is 525 g/mol. The predicted molar refractivity (Wildman–Crippen MR) is 120 cm³/mol. The van der Waals surface area contributed by atoms with Crippen LogP contribution < -0.4 is 9.47 Å². The van der Waals surface area contributed by atoms with Gasteiger partial charge < -0.3 is 14.6 Å². The van der Waals surface area contributed by atoms with Crippen molar-refractivity contribution in [2.75, 3.05) is 21.3 Å². The first-order chi connectivity index (χ1) is 16.4. The number of phenolic OH excluding ortho intramolecular Hbond substituents is 1. The maximum Gasteiger partial charge on any atom is 0.257 e. The third-order valence-corrected chi connectivity index (χ3v) is 9.22. The molecule has 2 aliphatic carbocycles. The molecule has 0 bridgehead atoms. The Morgan fingerprint density at radius 2 is 1.60 bits per heavy atom. The Hall–Kier alpha value is -2.82. The largest absolute Gasteiger partial charge is 0.508 e. The molecule has 35 heavy (non-hydrogen) atoms. The average Bonchev–Trinajstić information content (AvgIpc) is 3.13. The maximum absolute atomic E-state index is 13.6. The fraction of sp³-hybridized carbons (Fsp3) is 0.478. The second-order valence-electron chi connectivity index (χ2n) is 9.25. The van der Waals surface area contributed by atoms with Crippen LogP contribution in [-0.4, -0.2) is 74.9 Å². The molecule has 4 amide bonds. The number of fused-ring (bicyclic) bond motifs is 4. The van der Waals surface area contributed by atoms with Crippen molar-refractivity contribution in [2.45, 2.75) is 28.5 Å². The zero-order valence-corrected chi connectivity index (χ0v) is 20.5. The Morgan fingerprint density at radius 3 is 2.17 bits per heavy atom. The lowest BCUT2D eigenvalue weighted by atomic mass is 9.56. The standard InChI is InChI=1S/C23H22Cl2N2O8/c1-26-20(31)22(24)8-12-10(4-5-11-15(12)19(30)27(33)18(11)29)17(23(22,25)21(26)32)16-13(34-2)6-9(28)7-14(16)35-3/h4,6-7,11-12,15,17,28,33H,5,8H2,1-3H3/t11-,12+,15-,17+,22+,23-/m0/s1. The number of hydroxylamine groups is 2. The number of methoxy groups -OCH3 is 2. The zero-order valence-electron chi connectivity index (χ0n) is 18.9. The first kappa shape index (κ1) is 23.9. The van der Waals surface area contributed by atoms with Crippen LogP contribution in [0.5, 0.6) is 17.2 Å². The Kier molecular flexibility index (Phi) is 5.18. The molecule has 0 spiro atoms. The molecule has 2 aliphatic heterocycles. The molecule has 2 N–H and O–H groups in total. The Balaban J connectivity index is 1.82. The number of nitrogens with zero attached hydrogens (tertiary/aromatic N) is 2. The lowest BCUT2D eigenvalue weighted by molar-refractivity contribution is -0.173. The van der Waals surface area contributed by atoms with Crippen LogP contribution >= 0.6 is 23.2 Å². The molecule has 0 unspecified atom stereocenters. The van der Waals surface area contributed by atoms with Crippen LogP contribution in [0.3, 0.4) is 0 Å². The van der Waals surface area contributed by atoms with Crippen molar-refractivity contribution in [1.29, 1.82) is 0 Å². The first-order valence-corrected chi connectivity index (χ1v) is 11.6. The van der Waals surface area contributed by atoms with Crippen molar-refractivity contribution < 1.29 is 39.0 Å². The topological polar surface area (TPSA) is 134 Å². The van der Waals surface area contributed by atoms with Crippen LogP contribution in [0.25, 0.3) is 0 Å². The highest BCUT2D eigenvalue weighted by atomic mass is 35.5. The highest BCUT2D eigenvalue weighted by Gasteiger charge is 2.76. The summed E-state index contributed by atoms with van der Waals surface area (Å²) in [7, 11) is 3.99. The minimum atomic E-state index is -2.03. The number of imide groups is 2. The molecule has 4 aliphatic rings. The van der Waals surface area contributed by atoms with Gasteiger partial charge in [-0.2, -0.15) is 5.06 Å². The van der Waals surface area contributed by atoms with Gasteiger partial charge in [-0.1, -0.05) is 11.6 Å². The van der Waals surface area contributed by atoms with E-state index in [2.05, 4.69) is 0 Å². The van der Waals surface area contributed by atoms with Gasteiger partial charge in [0.25, 0.3) is 23.6 Å². The minimum Gasteiger partial charge on any atom is -0.508 e. The molecule has 0 radical (unpaired) electrons. The summed E-state index contributed by atoms with van der Waals surface area (Å²) in [6.45, 7) is 0. The van der Waals surface area contributed by atoms with E-state index >= 15 is 0 Å². The molecular formula is C23H22Cl2N2O8. The summed E-state index contributed by atoms with van der Waals surface area (Å²) in [5, 5.41) is 20.4. The normalized spacial score (nSPS) is 36.1. The summed E-state index contributed by atoms with van der Waals surface area (Å²) < 4.78 is 11.0. The monoisotopic (exact) mass is 524 g/mol. The molecule has 6 atom stereocenters. The molecule has 2 saturated heterocycles. The molecule has 3 fully saturated rings. The second kappa shape index (κ2) is 7.59. The number of rotatable bonds is 3. The van der Waals surface area contributed by atoms with Crippen molar-refractivity contribution >= 4 is 46.8 Å². The Labute approximate surface area is 209 Å². The summed E-state index contributed by atoms with van der Waals surface area (Å²) in [5.74, 6) is -6.66. The Morgan fingerprint density at radius 1 is 1.00 bits per heavy atom. The molecule has 186 valence electrons. The summed E-state index contributed by atoms with van der Waals surface area (Å²) in [4.78, 5) is 49.2. The smallest absolute Gasteiger partial charge is 0.257 e. The van der Waals surface area contributed by atoms with Gasteiger partial charge >= 0.3 is 0 Å². The van der Waals surface area contributed by atoms with Crippen LogP contribution in [0.4, 0.5) is 0 Å². The van der Waals surface area contributed by atoms with Gasteiger partial charge in [0.05, 0.1) is 26.1 Å². The van der Waals surface area contributed by atoms with Gasteiger partial charge in [-0.05, 0) is 18.8 Å². The number of benzene rings is 1. The van der Waals surface area contributed by atoms with Crippen molar-refractivity contribution in [2.24, 2.45) is 17.8 Å². The lowest BCUT2D eigenvalue weighted by Gasteiger charge is -2.51. The highest BCUT2D eigenvalue weighted by molar-refractivity contribution is 6.53. The van der Waals surface area contributed by atoms with E-state index < -0.39 is 57.0 Å². The summed E-state index contributed by atoms with van der Waals surface area (Å²) in [6.07, 6.45) is 1.62. The maximum atomic E-state index is 13.6. The van der Waals surface area contributed by atoms with E-state index in [9.17, 15) is 29.5 Å². The van der Waals surface area contributed by atoms with Crippen LogP contribution in [0, 0.1) is 17.8 Å². The number of carbonyl (C=O) groups excluding carboxylic acids is 4. The number of alkyl halides is 2. The zero-order chi connectivity index (χ0) is 25.6. The van der Waals surface area contributed by atoms with Crippen LogP contribution in [-0.2, 0) is 19.2 Å². The molecule has 10 nitrogen and oxygen atoms in total. The first-order valence-electron chi connectivity index (χ1n) is 10.9. The van der Waals surface area contributed by atoms with E-state index in [0.29, 0.717) is 5.57 Å². The van der Waals surface area contributed by atoms with Crippen molar-refractivity contribution in [3.8, 4) is 17.2 Å². The number of amides is 4. The summed E-state index contributed by atoms with van der Waals surface area (Å²) >= 11 is 14.1.